The number of nitrogens with zero attached hydrogens (tertiary/aromatic N) is 3. The van der Waals surface area contributed by atoms with Crippen LogP contribution in [0.25, 0.3) is 0 Å². The third-order valence-electron chi connectivity index (χ3n) is 6.26. The van der Waals surface area contributed by atoms with Crippen molar-refractivity contribution < 1.29 is 18.0 Å². The summed E-state index contributed by atoms with van der Waals surface area (Å²) in [5.41, 5.74) is 2.05. The molecule has 8 nitrogen and oxygen atoms in total. The number of nitrogens with one attached hydrogen (secondary N) is 1. The van der Waals surface area contributed by atoms with E-state index in [1.54, 1.807) is 30.3 Å². The Bertz CT molecular complexity index is 1370. The summed E-state index contributed by atoms with van der Waals surface area (Å²) in [6, 6.07) is 24.6. The number of amides is 2. The zero-order valence-electron chi connectivity index (χ0n) is 23.3. The number of halogens is 1. The van der Waals surface area contributed by atoms with Gasteiger partial charge >= 0.3 is 10.2 Å². The molecule has 10 heteroatoms. The van der Waals surface area contributed by atoms with E-state index in [1.165, 1.54) is 19.0 Å². The lowest BCUT2D eigenvalue weighted by molar-refractivity contribution is -0.140. The molecule has 0 aliphatic rings. The van der Waals surface area contributed by atoms with Gasteiger partial charge in [0.2, 0.25) is 11.8 Å². The minimum absolute atomic E-state index is 0.121. The van der Waals surface area contributed by atoms with E-state index in [2.05, 4.69) is 21.2 Å². The molecular weight excluding hydrogens is 592 g/mol. The van der Waals surface area contributed by atoms with Crippen LogP contribution in [0, 0.1) is 5.92 Å². The highest BCUT2D eigenvalue weighted by atomic mass is 79.9. The Labute approximate surface area is 246 Å². The van der Waals surface area contributed by atoms with Gasteiger partial charge < -0.3 is 10.2 Å². The Morgan fingerprint density at radius 1 is 0.875 bits per heavy atom. The Hall–Kier alpha value is -3.21. The highest BCUT2D eigenvalue weighted by Gasteiger charge is 2.34. The van der Waals surface area contributed by atoms with E-state index in [0.717, 1.165) is 24.2 Å². The standard InChI is InChI=1S/C30H37BrN4O4S/c1-23(2)20-32-30(37)28(19-24-12-7-5-8-13-24)34(21-25-14-11-15-26(31)18-25)29(36)22-35(40(38,39)33(3)4)27-16-9-6-10-17-27/h5-18,23,28H,19-22H2,1-4H3,(H,32,37)/t28-/m0/s1. The highest BCUT2D eigenvalue weighted by molar-refractivity contribution is 9.10. The van der Waals surface area contributed by atoms with E-state index in [-0.39, 0.29) is 24.8 Å². The minimum Gasteiger partial charge on any atom is -0.354 e. The quantitative estimate of drug-likeness (QED) is 0.302. The lowest BCUT2D eigenvalue weighted by Gasteiger charge is -2.34. The number of carbonyl (C=O) groups is 2. The molecule has 3 aromatic rings. The van der Waals surface area contributed by atoms with Crippen LogP contribution in [-0.4, -0.2) is 62.7 Å². The van der Waals surface area contributed by atoms with Gasteiger partial charge in [-0.3, -0.25) is 9.59 Å². The molecule has 0 unspecified atom stereocenters. The Morgan fingerprint density at radius 3 is 2.05 bits per heavy atom. The highest BCUT2D eigenvalue weighted by Crippen LogP contribution is 2.22. The van der Waals surface area contributed by atoms with E-state index >= 15 is 0 Å². The van der Waals surface area contributed by atoms with Crippen molar-refractivity contribution >= 4 is 43.6 Å². The maximum atomic E-state index is 14.2. The van der Waals surface area contributed by atoms with Gasteiger partial charge in [0, 0.05) is 38.1 Å². The van der Waals surface area contributed by atoms with Gasteiger partial charge in [-0.15, -0.1) is 0 Å². The number of hydrogen-bond donors (Lipinski definition) is 1. The SMILES string of the molecule is CC(C)CNC(=O)[C@H](Cc1ccccc1)N(Cc1cccc(Br)c1)C(=O)CN(c1ccccc1)S(=O)(=O)N(C)C. The average Bonchev–Trinajstić information content (AvgIpc) is 2.93. The van der Waals surface area contributed by atoms with E-state index in [9.17, 15) is 18.0 Å². The molecule has 1 N–H and O–H groups in total. The maximum Gasteiger partial charge on any atom is 0.304 e. The molecule has 2 amide bonds. The number of anilines is 1. The number of hydrogen-bond acceptors (Lipinski definition) is 4. The predicted molar refractivity (Wildman–Crippen MR) is 163 cm³/mol. The fourth-order valence-corrected chi connectivity index (χ4v) is 5.62. The van der Waals surface area contributed by atoms with Gasteiger partial charge in [0.1, 0.15) is 12.6 Å². The summed E-state index contributed by atoms with van der Waals surface area (Å²) in [6.45, 7) is 4.10. The van der Waals surface area contributed by atoms with Crippen LogP contribution in [0.3, 0.4) is 0 Å². The van der Waals surface area contributed by atoms with Crippen molar-refractivity contribution in [2.24, 2.45) is 5.92 Å². The van der Waals surface area contributed by atoms with Crippen LogP contribution < -0.4 is 9.62 Å². The smallest absolute Gasteiger partial charge is 0.304 e. The molecule has 0 saturated carbocycles. The predicted octanol–water partition coefficient (Wildman–Crippen LogP) is 4.47. The fraction of sp³-hybridized carbons (Fsp3) is 0.333. The first-order valence-electron chi connectivity index (χ1n) is 13.1. The summed E-state index contributed by atoms with van der Waals surface area (Å²) < 4.78 is 29.7. The van der Waals surface area contributed by atoms with Gasteiger partial charge in [-0.05, 0) is 41.3 Å². The molecule has 0 aromatic heterocycles. The van der Waals surface area contributed by atoms with Gasteiger partial charge in [0.25, 0.3) is 0 Å². The van der Waals surface area contributed by atoms with Crippen LogP contribution in [0.1, 0.15) is 25.0 Å². The normalized spacial score (nSPS) is 12.3. The van der Waals surface area contributed by atoms with Crippen LogP contribution >= 0.6 is 15.9 Å². The molecule has 0 saturated heterocycles. The second-order valence-corrected chi connectivity index (χ2v) is 13.1. The third-order valence-corrected chi connectivity index (χ3v) is 8.57. The van der Waals surface area contributed by atoms with E-state index < -0.39 is 28.7 Å². The van der Waals surface area contributed by atoms with Crippen LogP contribution in [0.5, 0.6) is 0 Å². The molecule has 1 atom stereocenters. The van der Waals surface area contributed by atoms with Crippen molar-refractivity contribution in [1.29, 1.82) is 0 Å². The van der Waals surface area contributed by atoms with Gasteiger partial charge in [-0.1, -0.05) is 90.4 Å². The molecule has 0 heterocycles. The molecular formula is C30H37BrN4O4S. The number of benzene rings is 3. The summed E-state index contributed by atoms with van der Waals surface area (Å²) in [5, 5.41) is 2.99. The van der Waals surface area contributed by atoms with Gasteiger partial charge in [-0.25, -0.2) is 4.31 Å². The zero-order valence-corrected chi connectivity index (χ0v) is 25.7. The molecule has 0 bridgehead atoms. The second kappa shape index (κ2) is 14.4. The maximum absolute atomic E-state index is 14.2. The van der Waals surface area contributed by atoms with E-state index in [4.69, 9.17) is 0 Å². The molecule has 0 aliphatic heterocycles. The summed E-state index contributed by atoms with van der Waals surface area (Å²) in [7, 11) is -1.17. The Balaban J connectivity index is 2.07. The largest absolute Gasteiger partial charge is 0.354 e. The van der Waals surface area contributed by atoms with Crippen molar-refractivity contribution in [3.8, 4) is 0 Å². The van der Waals surface area contributed by atoms with Crippen molar-refractivity contribution in [3.63, 3.8) is 0 Å². The summed E-state index contributed by atoms with van der Waals surface area (Å²) >= 11 is 3.49. The van der Waals surface area contributed by atoms with Crippen LogP contribution in [0.4, 0.5) is 5.69 Å². The van der Waals surface area contributed by atoms with Crippen molar-refractivity contribution in [3.05, 3.63) is 101 Å². The first kappa shape index (κ1) is 31.3. The first-order valence-corrected chi connectivity index (χ1v) is 15.3. The zero-order chi connectivity index (χ0) is 29.3. The topological polar surface area (TPSA) is 90.0 Å². The van der Waals surface area contributed by atoms with Gasteiger partial charge in [0.05, 0.1) is 5.69 Å². The first-order chi connectivity index (χ1) is 19.0. The van der Waals surface area contributed by atoms with Crippen LogP contribution in [0.2, 0.25) is 0 Å². The second-order valence-electron chi connectivity index (χ2n) is 10.1. The molecule has 40 heavy (non-hydrogen) atoms. The molecule has 0 aliphatic carbocycles. The Kier molecular flexibility index (Phi) is 11.3. The summed E-state index contributed by atoms with van der Waals surface area (Å²) in [6.07, 6.45) is 0.274. The van der Waals surface area contributed by atoms with Crippen molar-refractivity contribution in [2.75, 3.05) is 31.5 Å². The molecule has 3 rings (SSSR count). The van der Waals surface area contributed by atoms with Gasteiger partial charge in [0.15, 0.2) is 0 Å². The number of para-hydroxylation sites is 1. The van der Waals surface area contributed by atoms with Crippen molar-refractivity contribution in [1.82, 2.24) is 14.5 Å². The van der Waals surface area contributed by atoms with Crippen LogP contribution in [0.15, 0.2) is 89.4 Å². The monoisotopic (exact) mass is 628 g/mol. The van der Waals surface area contributed by atoms with Gasteiger partial charge in [-0.2, -0.15) is 12.7 Å². The number of rotatable bonds is 13. The minimum atomic E-state index is -4.02. The van der Waals surface area contributed by atoms with E-state index in [1.807, 2.05) is 68.4 Å². The molecule has 3 aromatic carbocycles. The van der Waals surface area contributed by atoms with Crippen molar-refractivity contribution in [2.45, 2.75) is 32.9 Å². The Morgan fingerprint density at radius 2 is 1.48 bits per heavy atom. The fourth-order valence-electron chi connectivity index (χ4n) is 4.12. The molecule has 214 valence electrons. The third kappa shape index (κ3) is 8.64. The molecule has 0 radical (unpaired) electrons. The number of carbonyl (C=O) groups excluding carboxylic acids is 2. The summed E-state index contributed by atoms with van der Waals surface area (Å²) in [5.74, 6) is -0.563. The molecule has 0 spiro atoms. The van der Waals surface area contributed by atoms with Crippen LogP contribution in [-0.2, 0) is 32.8 Å². The summed E-state index contributed by atoms with van der Waals surface area (Å²) in [4.78, 5) is 29.3. The lowest BCUT2D eigenvalue weighted by Crippen LogP contribution is -2.54. The average molecular weight is 630 g/mol. The lowest BCUT2D eigenvalue weighted by atomic mass is 10.0. The van der Waals surface area contributed by atoms with E-state index in [0.29, 0.717) is 12.2 Å². The molecule has 0 fully saturated rings.